The molecule has 0 saturated carbocycles. The van der Waals surface area contributed by atoms with Crippen molar-refractivity contribution in [1.82, 2.24) is 10.2 Å². The van der Waals surface area contributed by atoms with E-state index in [2.05, 4.69) is 11.9 Å². The number of carbonyl (C=O) groups excluding carboxylic acids is 1. The minimum atomic E-state index is 0.0295. The molecule has 0 aromatic rings. The van der Waals surface area contributed by atoms with Gasteiger partial charge in [-0.1, -0.05) is 6.58 Å². The second-order valence-electron chi connectivity index (χ2n) is 3.13. The van der Waals surface area contributed by atoms with Crippen molar-refractivity contribution < 1.29 is 4.79 Å². The van der Waals surface area contributed by atoms with Gasteiger partial charge in [0, 0.05) is 13.1 Å². The SMILES string of the molecule is C=CC(=O)N(C)C1CCNCC1. The third-order valence-electron chi connectivity index (χ3n) is 2.38. The van der Waals surface area contributed by atoms with Gasteiger partial charge in [-0.25, -0.2) is 0 Å². The molecule has 0 aromatic heterocycles. The van der Waals surface area contributed by atoms with Gasteiger partial charge in [0.05, 0.1) is 0 Å². The van der Waals surface area contributed by atoms with Gasteiger partial charge in [-0.15, -0.1) is 0 Å². The van der Waals surface area contributed by atoms with Crippen LogP contribution in [0.25, 0.3) is 0 Å². The molecule has 1 heterocycles. The molecule has 1 N–H and O–H groups in total. The van der Waals surface area contributed by atoms with Gasteiger partial charge in [-0.2, -0.15) is 0 Å². The van der Waals surface area contributed by atoms with Crippen LogP contribution < -0.4 is 5.32 Å². The number of hydrogen-bond donors (Lipinski definition) is 1. The minimum Gasteiger partial charge on any atom is -0.339 e. The summed E-state index contributed by atoms with van der Waals surface area (Å²) >= 11 is 0. The van der Waals surface area contributed by atoms with Crippen molar-refractivity contribution in [2.24, 2.45) is 0 Å². The van der Waals surface area contributed by atoms with Gasteiger partial charge in [-0.3, -0.25) is 4.79 Å². The highest BCUT2D eigenvalue weighted by molar-refractivity contribution is 5.87. The van der Waals surface area contributed by atoms with Crippen molar-refractivity contribution in [2.75, 3.05) is 20.1 Å². The van der Waals surface area contributed by atoms with Crippen molar-refractivity contribution in [2.45, 2.75) is 18.9 Å². The lowest BCUT2D eigenvalue weighted by Crippen LogP contribution is -2.43. The van der Waals surface area contributed by atoms with Crippen molar-refractivity contribution in [3.63, 3.8) is 0 Å². The third kappa shape index (κ3) is 2.08. The summed E-state index contributed by atoms with van der Waals surface area (Å²) in [6.45, 7) is 5.50. The van der Waals surface area contributed by atoms with Crippen molar-refractivity contribution >= 4 is 5.91 Å². The van der Waals surface area contributed by atoms with Crippen LogP contribution in [-0.4, -0.2) is 37.0 Å². The Morgan fingerprint density at radius 1 is 1.58 bits per heavy atom. The predicted molar refractivity (Wildman–Crippen MR) is 48.9 cm³/mol. The number of carbonyl (C=O) groups is 1. The molecule has 1 fully saturated rings. The molecule has 0 unspecified atom stereocenters. The highest BCUT2D eigenvalue weighted by atomic mass is 16.2. The summed E-state index contributed by atoms with van der Waals surface area (Å²) in [5.74, 6) is 0.0295. The summed E-state index contributed by atoms with van der Waals surface area (Å²) in [7, 11) is 1.85. The Bertz CT molecular complexity index is 173. The fourth-order valence-corrected chi connectivity index (χ4v) is 1.52. The molecule has 1 aliphatic rings. The van der Waals surface area contributed by atoms with Gasteiger partial charge >= 0.3 is 0 Å². The predicted octanol–water partition coefficient (Wildman–Crippen LogP) is 0.383. The summed E-state index contributed by atoms with van der Waals surface area (Å²) in [5, 5.41) is 3.26. The van der Waals surface area contributed by atoms with E-state index in [0.29, 0.717) is 6.04 Å². The van der Waals surface area contributed by atoms with Gasteiger partial charge in [0.15, 0.2) is 0 Å². The Balaban J connectivity index is 2.44. The van der Waals surface area contributed by atoms with E-state index in [1.54, 1.807) is 4.90 Å². The van der Waals surface area contributed by atoms with E-state index in [1.165, 1.54) is 6.08 Å². The largest absolute Gasteiger partial charge is 0.339 e. The van der Waals surface area contributed by atoms with Crippen LogP contribution in [0.5, 0.6) is 0 Å². The zero-order valence-electron chi connectivity index (χ0n) is 7.55. The highest BCUT2D eigenvalue weighted by Gasteiger charge is 2.19. The summed E-state index contributed by atoms with van der Waals surface area (Å²) in [6, 6.07) is 0.400. The van der Waals surface area contributed by atoms with E-state index in [4.69, 9.17) is 0 Å². The first-order valence-electron chi connectivity index (χ1n) is 4.35. The maximum absolute atomic E-state index is 11.2. The molecule has 3 heteroatoms. The average Bonchev–Trinajstić information content (AvgIpc) is 2.17. The Hall–Kier alpha value is -0.830. The number of nitrogens with one attached hydrogen (secondary N) is 1. The molecule has 68 valence electrons. The molecule has 1 rings (SSSR count). The molecule has 0 aliphatic carbocycles. The maximum Gasteiger partial charge on any atom is 0.245 e. The number of likely N-dealkylation sites (N-methyl/N-ethyl adjacent to an activating group) is 1. The van der Waals surface area contributed by atoms with E-state index in [-0.39, 0.29) is 5.91 Å². The Kier molecular flexibility index (Phi) is 3.29. The van der Waals surface area contributed by atoms with Gasteiger partial charge in [-0.05, 0) is 32.0 Å². The van der Waals surface area contributed by atoms with Crippen molar-refractivity contribution in [1.29, 1.82) is 0 Å². The quantitative estimate of drug-likeness (QED) is 0.605. The van der Waals surface area contributed by atoms with Crippen LogP contribution in [-0.2, 0) is 4.79 Å². The van der Waals surface area contributed by atoms with Crippen LogP contribution in [0.4, 0.5) is 0 Å². The first-order valence-corrected chi connectivity index (χ1v) is 4.35. The van der Waals surface area contributed by atoms with E-state index >= 15 is 0 Å². The zero-order chi connectivity index (χ0) is 8.97. The standard InChI is InChI=1S/C9H16N2O/c1-3-9(12)11(2)8-4-6-10-7-5-8/h3,8,10H,1,4-7H2,2H3. The molecule has 1 amide bonds. The Labute approximate surface area is 73.4 Å². The van der Waals surface area contributed by atoms with Crippen molar-refractivity contribution in [3.8, 4) is 0 Å². The number of hydrogen-bond acceptors (Lipinski definition) is 2. The monoisotopic (exact) mass is 168 g/mol. The van der Waals surface area contributed by atoms with E-state index in [9.17, 15) is 4.79 Å². The van der Waals surface area contributed by atoms with Gasteiger partial charge in [0.25, 0.3) is 0 Å². The molecule has 0 radical (unpaired) electrons. The fourth-order valence-electron chi connectivity index (χ4n) is 1.52. The second-order valence-corrected chi connectivity index (χ2v) is 3.13. The van der Waals surface area contributed by atoms with E-state index < -0.39 is 0 Å². The summed E-state index contributed by atoms with van der Waals surface area (Å²) in [6.07, 6.45) is 3.48. The lowest BCUT2D eigenvalue weighted by molar-refractivity contribution is -0.127. The Morgan fingerprint density at radius 3 is 2.67 bits per heavy atom. The first kappa shape index (κ1) is 9.26. The summed E-state index contributed by atoms with van der Waals surface area (Å²) in [5.41, 5.74) is 0. The first-order chi connectivity index (χ1) is 5.75. The second kappa shape index (κ2) is 4.26. The molecule has 0 aromatic carbocycles. The molecule has 0 spiro atoms. The van der Waals surface area contributed by atoms with Crippen molar-refractivity contribution in [3.05, 3.63) is 12.7 Å². The topological polar surface area (TPSA) is 32.3 Å². The highest BCUT2D eigenvalue weighted by Crippen LogP contribution is 2.09. The number of amides is 1. The normalized spacial score (nSPS) is 18.8. The van der Waals surface area contributed by atoms with Gasteiger partial charge in [0.1, 0.15) is 0 Å². The molecular weight excluding hydrogens is 152 g/mol. The molecular formula is C9H16N2O. The van der Waals surface area contributed by atoms with Crippen LogP contribution in [0.1, 0.15) is 12.8 Å². The summed E-state index contributed by atoms with van der Waals surface area (Å²) < 4.78 is 0. The van der Waals surface area contributed by atoms with E-state index in [0.717, 1.165) is 25.9 Å². The molecule has 3 nitrogen and oxygen atoms in total. The van der Waals surface area contributed by atoms with E-state index in [1.807, 2.05) is 7.05 Å². The Morgan fingerprint density at radius 2 is 2.17 bits per heavy atom. The lowest BCUT2D eigenvalue weighted by Gasteiger charge is -2.30. The average molecular weight is 168 g/mol. The van der Waals surface area contributed by atoms with Crippen LogP contribution in [0.3, 0.4) is 0 Å². The molecule has 0 bridgehead atoms. The third-order valence-corrected chi connectivity index (χ3v) is 2.38. The lowest BCUT2D eigenvalue weighted by atomic mass is 10.1. The van der Waals surface area contributed by atoms with Crippen LogP contribution >= 0.6 is 0 Å². The molecule has 0 atom stereocenters. The van der Waals surface area contributed by atoms with Crippen LogP contribution in [0.2, 0.25) is 0 Å². The molecule has 1 saturated heterocycles. The fraction of sp³-hybridized carbons (Fsp3) is 0.667. The minimum absolute atomic E-state index is 0.0295. The number of nitrogens with zero attached hydrogens (tertiary/aromatic N) is 1. The summed E-state index contributed by atoms with van der Waals surface area (Å²) in [4.78, 5) is 13.0. The van der Waals surface area contributed by atoms with Crippen LogP contribution in [0, 0.1) is 0 Å². The van der Waals surface area contributed by atoms with Gasteiger partial charge < -0.3 is 10.2 Å². The smallest absolute Gasteiger partial charge is 0.245 e. The van der Waals surface area contributed by atoms with Crippen LogP contribution in [0.15, 0.2) is 12.7 Å². The molecule has 12 heavy (non-hydrogen) atoms. The maximum atomic E-state index is 11.2. The zero-order valence-corrected chi connectivity index (χ0v) is 7.55. The van der Waals surface area contributed by atoms with Gasteiger partial charge in [0.2, 0.25) is 5.91 Å². The number of rotatable bonds is 2. The number of piperidine rings is 1. The molecule has 1 aliphatic heterocycles.